The van der Waals surface area contributed by atoms with E-state index in [1.54, 1.807) is 7.11 Å². The summed E-state index contributed by atoms with van der Waals surface area (Å²) in [5.74, 6) is 0.660. The molecule has 1 N–H and O–H groups in total. The first-order chi connectivity index (χ1) is 17.6. The predicted molar refractivity (Wildman–Crippen MR) is 145 cm³/mol. The van der Waals surface area contributed by atoms with E-state index in [0.717, 1.165) is 39.0 Å². The minimum Gasteiger partial charge on any atom is -0.497 e. The number of carbonyl (C=O) groups excluding carboxylic acids is 1. The molecule has 1 atom stereocenters. The summed E-state index contributed by atoms with van der Waals surface area (Å²) in [4.78, 5) is 18.7. The number of nitrogens with zero attached hydrogens (tertiary/aromatic N) is 1. The van der Waals surface area contributed by atoms with Gasteiger partial charge < -0.3 is 10.1 Å². The Morgan fingerprint density at radius 1 is 0.861 bits per heavy atom. The van der Waals surface area contributed by atoms with Gasteiger partial charge in [-0.25, -0.2) is 4.98 Å². The van der Waals surface area contributed by atoms with E-state index >= 15 is 0 Å². The number of pyridine rings is 1. The van der Waals surface area contributed by atoms with Crippen molar-refractivity contribution in [3.63, 3.8) is 0 Å². The van der Waals surface area contributed by atoms with E-state index in [4.69, 9.17) is 9.72 Å². The van der Waals surface area contributed by atoms with E-state index in [9.17, 15) is 4.79 Å². The molecule has 0 fully saturated rings. The number of hydrogen-bond donors (Lipinski definition) is 1. The van der Waals surface area contributed by atoms with Gasteiger partial charge in [-0.05, 0) is 66.9 Å². The van der Waals surface area contributed by atoms with Crippen LogP contribution in [0.5, 0.6) is 5.75 Å². The Morgan fingerprint density at radius 3 is 2.25 bits per heavy atom. The Kier molecular flexibility index (Phi) is 6.76. The lowest BCUT2D eigenvalue weighted by molar-refractivity contribution is 0.0938. The Bertz CT molecular complexity index is 1480. The summed E-state index contributed by atoms with van der Waals surface area (Å²) in [7, 11) is 1.65. The second kappa shape index (κ2) is 10.4. The molecule has 4 nitrogen and oxygen atoms in total. The minimum absolute atomic E-state index is 0.118. The Morgan fingerprint density at radius 2 is 1.56 bits per heavy atom. The molecule has 5 aromatic rings. The molecule has 4 heteroatoms. The third-order valence-electron chi connectivity index (χ3n) is 6.38. The van der Waals surface area contributed by atoms with Crippen LogP contribution in [0.15, 0.2) is 109 Å². The molecule has 36 heavy (non-hydrogen) atoms. The first-order valence-corrected chi connectivity index (χ1v) is 12.1. The molecule has 4 aromatic carbocycles. The summed E-state index contributed by atoms with van der Waals surface area (Å²) >= 11 is 0. The Labute approximate surface area is 211 Å². The second-order valence-corrected chi connectivity index (χ2v) is 8.93. The highest BCUT2D eigenvalue weighted by molar-refractivity contribution is 6.07. The van der Waals surface area contributed by atoms with Gasteiger partial charge in [-0.2, -0.15) is 0 Å². The van der Waals surface area contributed by atoms with Gasteiger partial charge in [-0.1, -0.05) is 72.3 Å². The average molecular weight is 473 g/mol. The molecule has 1 heterocycles. The number of amides is 1. The molecule has 1 aromatic heterocycles. The summed E-state index contributed by atoms with van der Waals surface area (Å²) in [6, 6.07) is 35.9. The van der Waals surface area contributed by atoms with Crippen molar-refractivity contribution in [1.29, 1.82) is 0 Å². The summed E-state index contributed by atoms with van der Waals surface area (Å²) in [5.41, 5.74) is 6.40. The van der Waals surface area contributed by atoms with Crippen molar-refractivity contribution in [2.75, 3.05) is 7.11 Å². The van der Waals surface area contributed by atoms with Crippen LogP contribution in [-0.4, -0.2) is 18.0 Å². The standard InChI is InChI=1S/C32H28N2O2/c1-22-13-18-29-27(19-22)28(21-31(33-29)25-14-16-26(36-2)17-15-25)32(35)34-30(24-11-7-4-8-12-24)20-23-9-5-3-6-10-23/h3-19,21,30H,20H2,1-2H3,(H,34,35). The van der Waals surface area contributed by atoms with Gasteiger partial charge in [0.2, 0.25) is 0 Å². The molecular weight excluding hydrogens is 444 g/mol. The molecule has 0 saturated heterocycles. The highest BCUT2D eigenvalue weighted by Gasteiger charge is 2.20. The van der Waals surface area contributed by atoms with Crippen molar-refractivity contribution < 1.29 is 9.53 Å². The molecule has 0 aliphatic heterocycles. The van der Waals surface area contributed by atoms with E-state index in [1.165, 1.54) is 5.56 Å². The highest BCUT2D eigenvalue weighted by atomic mass is 16.5. The predicted octanol–water partition coefficient (Wildman–Crippen LogP) is 6.93. The molecule has 1 amide bonds. The molecule has 0 spiro atoms. The topological polar surface area (TPSA) is 51.2 Å². The molecule has 0 aliphatic carbocycles. The zero-order valence-electron chi connectivity index (χ0n) is 20.4. The normalized spacial score (nSPS) is 11.7. The summed E-state index contributed by atoms with van der Waals surface area (Å²) < 4.78 is 5.30. The number of hydrogen-bond acceptors (Lipinski definition) is 3. The lowest BCUT2D eigenvalue weighted by Crippen LogP contribution is -2.30. The highest BCUT2D eigenvalue weighted by Crippen LogP contribution is 2.28. The molecule has 0 radical (unpaired) electrons. The van der Waals surface area contributed by atoms with Gasteiger partial charge in [-0.15, -0.1) is 0 Å². The maximum absolute atomic E-state index is 13.9. The largest absolute Gasteiger partial charge is 0.497 e. The molecule has 0 bridgehead atoms. The van der Waals surface area contributed by atoms with E-state index in [1.807, 2.05) is 91.9 Å². The summed E-state index contributed by atoms with van der Waals surface area (Å²) in [6.45, 7) is 2.03. The fourth-order valence-electron chi connectivity index (χ4n) is 4.46. The quantitative estimate of drug-likeness (QED) is 0.279. The summed E-state index contributed by atoms with van der Waals surface area (Å²) in [5, 5.41) is 4.16. The Hall–Kier alpha value is -4.44. The lowest BCUT2D eigenvalue weighted by atomic mass is 9.97. The van der Waals surface area contributed by atoms with Crippen molar-refractivity contribution in [3.8, 4) is 17.0 Å². The van der Waals surface area contributed by atoms with Crippen LogP contribution in [0.25, 0.3) is 22.2 Å². The van der Waals surface area contributed by atoms with E-state index in [0.29, 0.717) is 12.0 Å². The van der Waals surface area contributed by atoms with Crippen molar-refractivity contribution in [3.05, 3.63) is 131 Å². The number of nitrogens with one attached hydrogen (secondary N) is 1. The molecule has 0 aliphatic rings. The fourth-order valence-corrected chi connectivity index (χ4v) is 4.46. The van der Waals surface area contributed by atoms with Gasteiger partial charge in [0.05, 0.1) is 29.9 Å². The first kappa shape index (κ1) is 23.3. The number of ether oxygens (including phenoxy) is 1. The maximum Gasteiger partial charge on any atom is 0.252 e. The maximum atomic E-state index is 13.9. The van der Waals surface area contributed by atoms with Crippen molar-refractivity contribution in [1.82, 2.24) is 10.3 Å². The van der Waals surface area contributed by atoms with Crippen LogP contribution in [0.2, 0.25) is 0 Å². The number of aryl methyl sites for hydroxylation is 1. The minimum atomic E-state index is -0.168. The van der Waals surface area contributed by atoms with E-state index in [2.05, 4.69) is 29.6 Å². The molecule has 5 rings (SSSR count). The van der Waals surface area contributed by atoms with Gasteiger partial charge in [0.15, 0.2) is 0 Å². The number of carbonyl (C=O) groups is 1. The third-order valence-corrected chi connectivity index (χ3v) is 6.38. The zero-order chi connectivity index (χ0) is 24.9. The first-order valence-electron chi connectivity index (χ1n) is 12.1. The zero-order valence-corrected chi connectivity index (χ0v) is 20.4. The average Bonchev–Trinajstić information content (AvgIpc) is 2.93. The number of methoxy groups -OCH3 is 1. The molecule has 0 saturated carbocycles. The lowest BCUT2D eigenvalue weighted by Gasteiger charge is -2.20. The van der Waals surface area contributed by atoms with Crippen LogP contribution in [-0.2, 0) is 6.42 Å². The molecular formula is C32H28N2O2. The van der Waals surface area contributed by atoms with Gasteiger partial charge in [0, 0.05) is 10.9 Å². The van der Waals surface area contributed by atoms with Crippen molar-refractivity contribution in [2.24, 2.45) is 0 Å². The number of rotatable bonds is 7. The number of benzene rings is 4. The third kappa shape index (κ3) is 5.13. The van der Waals surface area contributed by atoms with Crippen LogP contribution in [0.1, 0.15) is 33.1 Å². The smallest absolute Gasteiger partial charge is 0.252 e. The molecule has 178 valence electrons. The van der Waals surface area contributed by atoms with Crippen molar-refractivity contribution >= 4 is 16.8 Å². The monoisotopic (exact) mass is 472 g/mol. The van der Waals surface area contributed by atoms with Gasteiger partial charge in [-0.3, -0.25) is 4.79 Å². The molecule has 1 unspecified atom stereocenters. The number of aromatic nitrogens is 1. The Balaban J connectivity index is 1.55. The number of fused-ring (bicyclic) bond motifs is 1. The van der Waals surface area contributed by atoms with Gasteiger partial charge in [0.25, 0.3) is 5.91 Å². The van der Waals surface area contributed by atoms with E-state index in [-0.39, 0.29) is 11.9 Å². The van der Waals surface area contributed by atoms with Gasteiger partial charge in [0.1, 0.15) is 5.75 Å². The van der Waals surface area contributed by atoms with Crippen molar-refractivity contribution in [2.45, 2.75) is 19.4 Å². The summed E-state index contributed by atoms with van der Waals surface area (Å²) in [6.07, 6.45) is 0.698. The van der Waals surface area contributed by atoms with Gasteiger partial charge >= 0.3 is 0 Å². The van der Waals surface area contributed by atoms with Crippen LogP contribution in [0.3, 0.4) is 0 Å². The van der Waals surface area contributed by atoms with Crippen LogP contribution in [0, 0.1) is 6.92 Å². The fraction of sp³-hybridized carbons (Fsp3) is 0.125. The van der Waals surface area contributed by atoms with E-state index < -0.39 is 0 Å². The van der Waals surface area contributed by atoms with Crippen LogP contribution < -0.4 is 10.1 Å². The SMILES string of the molecule is COc1ccc(-c2cc(C(=O)NC(Cc3ccccc3)c3ccccc3)c3cc(C)ccc3n2)cc1. The second-order valence-electron chi connectivity index (χ2n) is 8.93. The van der Waals surface area contributed by atoms with Crippen LogP contribution >= 0.6 is 0 Å². The van der Waals surface area contributed by atoms with Crippen LogP contribution in [0.4, 0.5) is 0 Å².